The van der Waals surface area contributed by atoms with Gasteiger partial charge in [-0.15, -0.1) is 0 Å². The van der Waals surface area contributed by atoms with E-state index in [-0.39, 0.29) is 51.4 Å². The minimum Gasteiger partial charge on any atom is -0.748 e. The van der Waals surface area contributed by atoms with Gasteiger partial charge in [-0.1, -0.05) is 78.1 Å². The van der Waals surface area contributed by atoms with Gasteiger partial charge in [-0.25, -0.2) is 8.42 Å². The van der Waals surface area contributed by atoms with Crippen LogP contribution in [-0.2, 0) is 10.1 Å². The van der Waals surface area contributed by atoms with E-state index in [1.807, 2.05) is 6.92 Å². The molecule has 2 atom stereocenters. The molecule has 0 rings (SSSR count). The van der Waals surface area contributed by atoms with Gasteiger partial charge >= 0.3 is 51.4 Å². The van der Waals surface area contributed by atoms with Gasteiger partial charge in [0.15, 0.2) is 0 Å². The van der Waals surface area contributed by atoms with Crippen LogP contribution in [0.3, 0.4) is 0 Å². The largest absolute Gasteiger partial charge is 1.00 e. The second kappa shape index (κ2) is 16.0. The Balaban J connectivity index is 0. The molecular weight excluding hydrogens is 327 g/mol. The van der Waals surface area contributed by atoms with E-state index < -0.39 is 21.5 Å². The molecular formula is C16H33KO4S. The topological polar surface area (TPSA) is 77.4 Å². The van der Waals surface area contributed by atoms with Crippen LogP contribution in [0.25, 0.3) is 0 Å². The summed E-state index contributed by atoms with van der Waals surface area (Å²) in [6, 6.07) is 0. The predicted molar refractivity (Wildman–Crippen MR) is 86.2 cm³/mol. The molecule has 0 heterocycles. The zero-order valence-electron chi connectivity index (χ0n) is 14.7. The fourth-order valence-electron chi connectivity index (χ4n) is 2.67. The van der Waals surface area contributed by atoms with Crippen molar-refractivity contribution in [2.45, 2.75) is 102 Å². The second-order valence-corrected chi connectivity index (χ2v) is 7.60. The van der Waals surface area contributed by atoms with Crippen LogP contribution in [0.5, 0.6) is 0 Å². The summed E-state index contributed by atoms with van der Waals surface area (Å²) in [5, 5.41) is 8.67. The predicted octanol–water partition coefficient (Wildman–Crippen LogP) is 0.986. The maximum atomic E-state index is 11.2. The van der Waals surface area contributed by atoms with E-state index in [9.17, 15) is 18.1 Å². The Morgan fingerprint density at radius 2 is 1.27 bits per heavy atom. The minimum atomic E-state index is -4.39. The van der Waals surface area contributed by atoms with Crippen molar-refractivity contribution in [3.63, 3.8) is 0 Å². The summed E-state index contributed by atoms with van der Waals surface area (Å²) in [6.07, 6.45) is 10.6. The van der Waals surface area contributed by atoms with E-state index >= 15 is 0 Å². The first-order valence-electron chi connectivity index (χ1n) is 8.56. The van der Waals surface area contributed by atoms with E-state index in [1.165, 1.54) is 38.5 Å². The molecule has 2 unspecified atom stereocenters. The van der Waals surface area contributed by atoms with Crippen LogP contribution in [0.4, 0.5) is 0 Å². The number of aliphatic hydroxyl groups excluding tert-OH is 1. The van der Waals surface area contributed by atoms with Crippen LogP contribution in [0.2, 0.25) is 0 Å². The van der Waals surface area contributed by atoms with Crippen LogP contribution < -0.4 is 51.4 Å². The Hall–Kier alpha value is 1.51. The first-order chi connectivity index (χ1) is 9.93. The van der Waals surface area contributed by atoms with Crippen LogP contribution in [0.1, 0.15) is 90.9 Å². The van der Waals surface area contributed by atoms with Gasteiger partial charge in [0.1, 0.15) is 10.1 Å². The summed E-state index contributed by atoms with van der Waals surface area (Å²) in [6.45, 7) is 4.07. The molecule has 6 heteroatoms. The quantitative estimate of drug-likeness (QED) is 0.285. The van der Waals surface area contributed by atoms with Crippen molar-refractivity contribution < 1.29 is 69.5 Å². The standard InChI is InChI=1S/C16H34O4S.K/c1-3-5-6-7-8-9-10-11-12-14-16(21(18,19)20)15(17)13-4-2;/h15-17H,3-14H2,1-2H3,(H,18,19,20);/q;+1/p-1. The van der Waals surface area contributed by atoms with E-state index in [1.54, 1.807) is 0 Å². The molecule has 0 saturated carbocycles. The molecule has 0 bridgehead atoms. The first-order valence-corrected chi connectivity index (χ1v) is 10.0. The molecule has 0 spiro atoms. The molecule has 0 saturated heterocycles. The Labute approximate surface area is 180 Å². The van der Waals surface area contributed by atoms with E-state index in [2.05, 4.69) is 6.92 Å². The molecule has 0 aliphatic carbocycles. The van der Waals surface area contributed by atoms with Crippen LogP contribution >= 0.6 is 0 Å². The number of aliphatic hydroxyl groups is 1. The summed E-state index contributed by atoms with van der Waals surface area (Å²) in [5.41, 5.74) is 0. The van der Waals surface area contributed by atoms with Crippen molar-refractivity contribution in [1.82, 2.24) is 0 Å². The molecule has 0 aliphatic rings. The van der Waals surface area contributed by atoms with Gasteiger partial charge in [-0.3, -0.25) is 0 Å². The molecule has 128 valence electrons. The Bertz CT molecular complexity index is 333. The van der Waals surface area contributed by atoms with Gasteiger partial charge in [0.05, 0.1) is 11.4 Å². The Morgan fingerprint density at radius 1 is 0.818 bits per heavy atom. The van der Waals surface area contributed by atoms with E-state index in [0.717, 1.165) is 12.8 Å². The third-order valence-electron chi connectivity index (χ3n) is 3.98. The molecule has 0 amide bonds. The smallest absolute Gasteiger partial charge is 0.748 e. The van der Waals surface area contributed by atoms with Crippen molar-refractivity contribution in [1.29, 1.82) is 0 Å². The second-order valence-electron chi connectivity index (χ2n) is 6.00. The summed E-state index contributed by atoms with van der Waals surface area (Å²) >= 11 is 0. The zero-order valence-corrected chi connectivity index (χ0v) is 18.7. The number of hydrogen-bond donors (Lipinski definition) is 1. The SMILES string of the molecule is CCCCCCCCCCCC(C(O)CCC)S(=O)(=O)[O-].[K+]. The summed E-state index contributed by atoms with van der Waals surface area (Å²) < 4.78 is 33.6. The van der Waals surface area contributed by atoms with Crippen molar-refractivity contribution in [2.75, 3.05) is 0 Å². The van der Waals surface area contributed by atoms with Crippen molar-refractivity contribution in [3.05, 3.63) is 0 Å². The molecule has 1 N–H and O–H groups in total. The molecule has 0 aromatic heterocycles. The van der Waals surface area contributed by atoms with Gasteiger partial charge in [-0.05, 0) is 12.8 Å². The third kappa shape index (κ3) is 13.9. The maximum Gasteiger partial charge on any atom is 1.00 e. The monoisotopic (exact) mass is 360 g/mol. The summed E-state index contributed by atoms with van der Waals surface area (Å²) in [5.74, 6) is 0. The molecule has 22 heavy (non-hydrogen) atoms. The average molecular weight is 361 g/mol. The Kier molecular flexibility index (Phi) is 18.7. The van der Waals surface area contributed by atoms with E-state index in [4.69, 9.17) is 0 Å². The zero-order chi connectivity index (χ0) is 16.1. The number of hydrogen-bond acceptors (Lipinski definition) is 4. The third-order valence-corrected chi connectivity index (χ3v) is 5.27. The minimum absolute atomic E-state index is 0. The van der Waals surface area contributed by atoms with Crippen molar-refractivity contribution in [3.8, 4) is 0 Å². The first kappa shape index (κ1) is 25.7. The molecule has 0 aromatic rings. The van der Waals surface area contributed by atoms with Crippen LogP contribution in [-0.4, -0.2) is 29.4 Å². The van der Waals surface area contributed by atoms with Gasteiger partial charge in [-0.2, -0.15) is 0 Å². The molecule has 0 aromatic carbocycles. The normalized spacial score (nSPS) is 14.4. The van der Waals surface area contributed by atoms with Gasteiger partial charge in [0.2, 0.25) is 0 Å². The molecule has 0 aliphatic heterocycles. The van der Waals surface area contributed by atoms with Crippen molar-refractivity contribution in [2.24, 2.45) is 0 Å². The molecule has 0 fully saturated rings. The molecule has 4 nitrogen and oxygen atoms in total. The number of rotatable bonds is 14. The van der Waals surface area contributed by atoms with Crippen LogP contribution in [0, 0.1) is 0 Å². The van der Waals surface area contributed by atoms with Crippen molar-refractivity contribution >= 4 is 10.1 Å². The number of unbranched alkanes of at least 4 members (excludes halogenated alkanes) is 8. The van der Waals surface area contributed by atoms with Gasteiger partial charge in [0, 0.05) is 0 Å². The fraction of sp³-hybridized carbons (Fsp3) is 1.00. The van der Waals surface area contributed by atoms with Gasteiger partial charge in [0.25, 0.3) is 0 Å². The average Bonchev–Trinajstić information content (AvgIpc) is 2.39. The Morgan fingerprint density at radius 3 is 1.68 bits per heavy atom. The fourth-order valence-corrected chi connectivity index (χ4v) is 3.64. The van der Waals surface area contributed by atoms with Crippen LogP contribution in [0.15, 0.2) is 0 Å². The molecule has 0 radical (unpaired) electrons. The summed E-state index contributed by atoms with van der Waals surface area (Å²) in [7, 11) is -4.39. The van der Waals surface area contributed by atoms with E-state index in [0.29, 0.717) is 25.7 Å². The summed E-state index contributed by atoms with van der Waals surface area (Å²) in [4.78, 5) is 0. The van der Waals surface area contributed by atoms with Gasteiger partial charge < -0.3 is 9.66 Å². The maximum absolute atomic E-state index is 11.2.